The molecule has 8 nitrogen and oxygen atoms in total. The molecular weight excluding hydrogens is 528 g/mol. The molecular formula is C34H32N4O4. The van der Waals surface area contributed by atoms with Crippen LogP contribution in [0.1, 0.15) is 34.0 Å². The molecule has 5 rings (SSSR count). The first-order valence-electron chi connectivity index (χ1n) is 13.9. The van der Waals surface area contributed by atoms with Gasteiger partial charge in [0, 0.05) is 17.8 Å². The molecule has 8 heteroatoms. The number of nitrogens with one attached hydrogen (secondary N) is 2. The number of nitrogens with zero attached hydrogens (tertiary/aromatic N) is 2. The van der Waals surface area contributed by atoms with E-state index in [0.717, 1.165) is 27.7 Å². The maximum Gasteiger partial charge on any atom is 0.336 e. The van der Waals surface area contributed by atoms with Crippen molar-refractivity contribution >= 4 is 28.4 Å². The van der Waals surface area contributed by atoms with Crippen molar-refractivity contribution in [3.63, 3.8) is 0 Å². The number of aryl methyl sites for hydroxylation is 2. The maximum atomic E-state index is 13.8. The Morgan fingerprint density at radius 1 is 0.810 bits per heavy atom. The Balaban J connectivity index is 1.52. The van der Waals surface area contributed by atoms with Crippen LogP contribution in [-0.4, -0.2) is 27.5 Å². The molecule has 0 aliphatic heterocycles. The number of benzene rings is 4. The largest absolute Gasteiger partial charge is 0.352 e. The number of aromatic nitrogens is 2. The minimum absolute atomic E-state index is 0.209. The first-order valence-corrected chi connectivity index (χ1v) is 13.9. The first kappa shape index (κ1) is 28.3. The number of hydrogen-bond acceptors (Lipinski definition) is 4. The molecule has 1 heterocycles. The summed E-state index contributed by atoms with van der Waals surface area (Å²) >= 11 is 0. The quantitative estimate of drug-likeness (QED) is 0.274. The Labute approximate surface area is 243 Å². The smallest absolute Gasteiger partial charge is 0.336 e. The molecule has 0 bridgehead atoms. The van der Waals surface area contributed by atoms with E-state index in [1.165, 1.54) is 16.7 Å². The minimum atomic E-state index is -0.669. The molecule has 0 atom stereocenters. The molecule has 0 aliphatic rings. The van der Waals surface area contributed by atoms with Gasteiger partial charge in [0.05, 0.1) is 16.6 Å². The van der Waals surface area contributed by atoms with Crippen molar-refractivity contribution in [2.45, 2.75) is 33.2 Å². The zero-order chi connectivity index (χ0) is 29.6. The van der Waals surface area contributed by atoms with Crippen molar-refractivity contribution in [3.05, 3.63) is 140 Å². The molecule has 0 fully saturated rings. The molecule has 0 aliphatic carbocycles. The Bertz CT molecular complexity index is 1860. The number of carbonyl (C=O) groups is 2. The monoisotopic (exact) mass is 560 g/mol. The third-order valence-electron chi connectivity index (χ3n) is 7.19. The Hall–Kier alpha value is -5.24. The van der Waals surface area contributed by atoms with E-state index >= 15 is 0 Å². The van der Waals surface area contributed by atoms with Crippen molar-refractivity contribution in [1.82, 2.24) is 14.5 Å². The number of fused-ring (bicyclic) bond motifs is 1. The van der Waals surface area contributed by atoms with Gasteiger partial charge < -0.3 is 10.6 Å². The van der Waals surface area contributed by atoms with Crippen LogP contribution in [0.3, 0.4) is 0 Å². The summed E-state index contributed by atoms with van der Waals surface area (Å²) in [4.78, 5) is 53.6. The Morgan fingerprint density at radius 2 is 1.52 bits per heavy atom. The van der Waals surface area contributed by atoms with Crippen LogP contribution >= 0.6 is 0 Å². The van der Waals surface area contributed by atoms with Gasteiger partial charge in [0.15, 0.2) is 0 Å². The fourth-order valence-corrected chi connectivity index (χ4v) is 4.82. The normalized spacial score (nSPS) is 10.9. The fourth-order valence-electron chi connectivity index (χ4n) is 4.82. The van der Waals surface area contributed by atoms with Gasteiger partial charge in [0.2, 0.25) is 5.91 Å². The number of amides is 2. The van der Waals surface area contributed by atoms with E-state index in [0.29, 0.717) is 24.3 Å². The predicted molar refractivity (Wildman–Crippen MR) is 165 cm³/mol. The summed E-state index contributed by atoms with van der Waals surface area (Å²) in [5, 5.41) is 5.93. The lowest BCUT2D eigenvalue weighted by molar-refractivity contribution is -0.116. The number of anilines is 1. The summed E-state index contributed by atoms with van der Waals surface area (Å²) in [6.45, 7) is 4.03. The summed E-state index contributed by atoms with van der Waals surface area (Å²) < 4.78 is 2.31. The van der Waals surface area contributed by atoms with E-state index in [4.69, 9.17) is 0 Å². The molecule has 1 aromatic heterocycles. The fraction of sp³-hybridized carbons (Fsp3) is 0.176. The molecule has 0 unspecified atom stereocenters. The highest BCUT2D eigenvalue weighted by atomic mass is 16.2. The van der Waals surface area contributed by atoms with Crippen LogP contribution in [0.4, 0.5) is 5.69 Å². The molecule has 2 N–H and O–H groups in total. The van der Waals surface area contributed by atoms with Crippen molar-refractivity contribution in [3.8, 4) is 5.69 Å². The van der Waals surface area contributed by atoms with E-state index < -0.39 is 17.2 Å². The third-order valence-corrected chi connectivity index (χ3v) is 7.19. The van der Waals surface area contributed by atoms with E-state index in [-0.39, 0.29) is 28.9 Å². The van der Waals surface area contributed by atoms with Crippen molar-refractivity contribution in [2.24, 2.45) is 0 Å². The van der Waals surface area contributed by atoms with Crippen LogP contribution in [0.2, 0.25) is 0 Å². The van der Waals surface area contributed by atoms with Crippen molar-refractivity contribution in [2.75, 3.05) is 11.9 Å². The summed E-state index contributed by atoms with van der Waals surface area (Å²) in [5.41, 5.74) is 3.50. The van der Waals surface area contributed by atoms with Crippen LogP contribution in [0, 0.1) is 6.92 Å². The predicted octanol–water partition coefficient (Wildman–Crippen LogP) is 4.63. The van der Waals surface area contributed by atoms with Gasteiger partial charge in [-0.05, 0) is 73.4 Å². The van der Waals surface area contributed by atoms with Crippen molar-refractivity contribution < 1.29 is 9.59 Å². The molecule has 212 valence electrons. The zero-order valence-corrected chi connectivity index (χ0v) is 23.6. The number of rotatable bonds is 9. The van der Waals surface area contributed by atoms with Gasteiger partial charge in [-0.1, -0.05) is 67.1 Å². The van der Waals surface area contributed by atoms with Crippen LogP contribution in [0.15, 0.2) is 107 Å². The molecule has 0 saturated heterocycles. The van der Waals surface area contributed by atoms with Gasteiger partial charge in [-0.2, -0.15) is 0 Å². The second-order valence-electron chi connectivity index (χ2n) is 10.2. The summed E-state index contributed by atoms with van der Waals surface area (Å²) in [5.74, 6) is -0.776. The number of carbonyl (C=O) groups excluding carboxylic acids is 2. The van der Waals surface area contributed by atoms with E-state index in [9.17, 15) is 19.2 Å². The van der Waals surface area contributed by atoms with E-state index in [1.54, 1.807) is 30.3 Å². The lowest BCUT2D eigenvalue weighted by Crippen LogP contribution is -2.41. The highest BCUT2D eigenvalue weighted by Crippen LogP contribution is 2.15. The van der Waals surface area contributed by atoms with Gasteiger partial charge in [-0.3, -0.25) is 19.0 Å². The van der Waals surface area contributed by atoms with Gasteiger partial charge in [-0.25, -0.2) is 9.36 Å². The molecule has 5 aromatic rings. The van der Waals surface area contributed by atoms with Crippen LogP contribution in [0.25, 0.3) is 16.6 Å². The molecule has 0 saturated carbocycles. The van der Waals surface area contributed by atoms with Crippen LogP contribution in [0.5, 0.6) is 0 Å². The highest BCUT2D eigenvalue weighted by molar-refractivity contribution is 5.98. The summed E-state index contributed by atoms with van der Waals surface area (Å²) in [6.07, 6.45) is 1.47. The average molecular weight is 561 g/mol. The lowest BCUT2D eigenvalue weighted by Gasteiger charge is -2.15. The molecule has 4 aromatic carbocycles. The molecule has 2 amide bonds. The van der Waals surface area contributed by atoms with Gasteiger partial charge in [0.1, 0.15) is 6.54 Å². The Kier molecular flexibility index (Phi) is 8.43. The molecule has 0 spiro atoms. The zero-order valence-electron chi connectivity index (χ0n) is 23.6. The Morgan fingerprint density at radius 3 is 2.21 bits per heavy atom. The summed E-state index contributed by atoms with van der Waals surface area (Å²) in [7, 11) is 0. The van der Waals surface area contributed by atoms with E-state index in [1.807, 2.05) is 68.4 Å². The molecule has 0 radical (unpaired) electrons. The van der Waals surface area contributed by atoms with E-state index in [2.05, 4.69) is 10.6 Å². The highest BCUT2D eigenvalue weighted by Gasteiger charge is 2.19. The SMILES string of the molecule is CCc1ccc(-n2c(=O)c3ccc(C(=O)NCCc4ccccc4)cc3n(CC(=O)Nc3ccc(C)cc3)c2=O)cc1. The second-order valence-corrected chi connectivity index (χ2v) is 10.2. The number of hydrogen-bond donors (Lipinski definition) is 2. The van der Waals surface area contributed by atoms with Crippen LogP contribution < -0.4 is 21.9 Å². The third kappa shape index (κ3) is 6.23. The van der Waals surface area contributed by atoms with Gasteiger partial charge >= 0.3 is 5.69 Å². The lowest BCUT2D eigenvalue weighted by atomic mass is 10.1. The average Bonchev–Trinajstić information content (AvgIpc) is 3.01. The van der Waals surface area contributed by atoms with Crippen LogP contribution in [-0.2, 0) is 24.2 Å². The van der Waals surface area contributed by atoms with Gasteiger partial charge in [-0.15, -0.1) is 0 Å². The molecule has 42 heavy (non-hydrogen) atoms. The summed E-state index contributed by atoms with van der Waals surface area (Å²) in [6, 6.07) is 28.9. The standard InChI is InChI=1S/C34H32N4O4/c1-3-24-11-16-28(17-12-24)38-33(41)29-18-13-26(32(40)35-20-19-25-7-5-4-6-8-25)21-30(29)37(34(38)42)22-31(39)36-27-14-9-23(2)10-15-27/h4-18,21H,3,19-20,22H2,1-2H3,(H,35,40)(H,36,39). The first-order chi connectivity index (χ1) is 20.3. The minimum Gasteiger partial charge on any atom is -0.352 e. The van der Waals surface area contributed by atoms with Crippen molar-refractivity contribution in [1.29, 1.82) is 0 Å². The topological polar surface area (TPSA) is 102 Å². The van der Waals surface area contributed by atoms with Gasteiger partial charge in [0.25, 0.3) is 11.5 Å². The maximum absolute atomic E-state index is 13.8. The second kappa shape index (κ2) is 12.5.